The van der Waals surface area contributed by atoms with Crippen LogP contribution in [0.5, 0.6) is 11.5 Å². The zero-order valence-electron chi connectivity index (χ0n) is 17.6. The van der Waals surface area contributed by atoms with Gasteiger partial charge in [-0.2, -0.15) is 5.10 Å². The minimum absolute atomic E-state index is 0.152. The number of nitrogens with zero attached hydrogens (tertiary/aromatic N) is 3. The molecule has 0 aliphatic carbocycles. The Labute approximate surface area is 190 Å². The van der Waals surface area contributed by atoms with Gasteiger partial charge in [-0.1, -0.05) is 12.1 Å². The standard InChI is InChI=1S/C24H21N3O4S/c1-29-19-9-5-17(6-10-19)14-22-23(28)27(16-21-4-3-13-31-21)24(32-22)26-25-15-18-7-11-20(30-2)12-8-18/h3-15H,16H2,1-2H3/b22-14-,25-15-,26-24+. The van der Waals surface area contributed by atoms with Gasteiger partial charge in [0.15, 0.2) is 5.17 Å². The van der Waals surface area contributed by atoms with Crippen LogP contribution in [0.3, 0.4) is 0 Å². The van der Waals surface area contributed by atoms with Gasteiger partial charge in [0.25, 0.3) is 5.91 Å². The molecule has 0 saturated carbocycles. The second-order valence-corrected chi connectivity index (χ2v) is 7.76. The van der Waals surface area contributed by atoms with Crippen LogP contribution in [0.25, 0.3) is 6.08 Å². The van der Waals surface area contributed by atoms with E-state index in [-0.39, 0.29) is 12.5 Å². The van der Waals surface area contributed by atoms with Gasteiger partial charge in [0.1, 0.15) is 17.3 Å². The highest BCUT2D eigenvalue weighted by Gasteiger charge is 2.34. The van der Waals surface area contributed by atoms with Crippen LogP contribution >= 0.6 is 11.8 Å². The second-order valence-electron chi connectivity index (χ2n) is 6.75. The maximum absolute atomic E-state index is 13.1. The molecule has 2 aromatic carbocycles. The monoisotopic (exact) mass is 447 g/mol. The van der Waals surface area contributed by atoms with Crippen molar-refractivity contribution in [3.8, 4) is 11.5 Å². The van der Waals surface area contributed by atoms with Gasteiger partial charge in [-0.25, -0.2) is 0 Å². The van der Waals surface area contributed by atoms with Crippen LogP contribution < -0.4 is 9.47 Å². The van der Waals surface area contributed by atoms with Gasteiger partial charge in [0.05, 0.1) is 38.1 Å². The zero-order valence-corrected chi connectivity index (χ0v) is 18.4. The van der Waals surface area contributed by atoms with Crippen LogP contribution in [-0.4, -0.2) is 36.4 Å². The second kappa shape index (κ2) is 10.0. The predicted molar refractivity (Wildman–Crippen MR) is 126 cm³/mol. The third-order valence-corrected chi connectivity index (χ3v) is 5.66. The van der Waals surface area contributed by atoms with Crippen molar-refractivity contribution < 1.29 is 18.7 Å². The van der Waals surface area contributed by atoms with Crippen molar-refractivity contribution in [1.29, 1.82) is 0 Å². The number of hydrogen-bond acceptors (Lipinski definition) is 7. The van der Waals surface area contributed by atoms with Crippen LogP contribution in [0.1, 0.15) is 16.9 Å². The highest BCUT2D eigenvalue weighted by molar-refractivity contribution is 8.18. The third-order valence-electron chi connectivity index (χ3n) is 4.66. The molecule has 1 fully saturated rings. The van der Waals surface area contributed by atoms with Crippen molar-refractivity contribution >= 4 is 35.1 Å². The van der Waals surface area contributed by atoms with Gasteiger partial charge in [-0.3, -0.25) is 9.69 Å². The van der Waals surface area contributed by atoms with E-state index >= 15 is 0 Å². The van der Waals surface area contributed by atoms with E-state index in [0.717, 1.165) is 22.6 Å². The first-order chi connectivity index (χ1) is 15.7. The molecular formula is C24H21N3O4S. The largest absolute Gasteiger partial charge is 0.497 e. The Balaban J connectivity index is 1.58. The maximum Gasteiger partial charge on any atom is 0.267 e. The first-order valence-electron chi connectivity index (χ1n) is 9.79. The van der Waals surface area contributed by atoms with Crippen LogP contribution in [0.2, 0.25) is 0 Å². The van der Waals surface area contributed by atoms with Crippen LogP contribution in [0.4, 0.5) is 0 Å². The number of methoxy groups -OCH3 is 2. The summed E-state index contributed by atoms with van der Waals surface area (Å²) in [7, 11) is 3.24. The number of carbonyl (C=O) groups excluding carboxylic acids is 1. The Morgan fingerprint density at radius 3 is 2.22 bits per heavy atom. The van der Waals surface area contributed by atoms with E-state index in [1.807, 2.05) is 60.7 Å². The lowest BCUT2D eigenvalue weighted by molar-refractivity contribution is -0.122. The average molecular weight is 448 g/mol. The molecule has 1 saturated heterocycles. The molecule has 7 nitrogen and oxygen atoms in total. The Hall–Kier alpha value is -3.78. The van der Waals surface area contributed by atoms with Crippen molar-refractivity contribution in [3.63, 3.8) is 0 Å². The number of ether oxygens (including phenoxy) is 2. The summed E-state index contributed by atoms with van der Waals surface area (Å²) < 4.78 is 15.8. The van der Waals surface area contributed by atoms with Crippen molar-refractivity contribution in [2.45, 2.75) is 6.54 Å². The summed E-state index contributed by atoms with van der Waals surface area (Å²) in [6.45, 7) is 0.273. The van der Waals surface area contributed by atoms with E-state index in [0.29, 0.717) is 15.8 Å². The summed E-state index contributed by atoms with van der Waals surface area (Å²) in [6.07, 6.45) is 5.04. The van der Waals surface area contributed by atoms with E-state index in [9.17, 15) is 4.79 Å². The van der Waals surface area contributed by atoms with Crippen LogP contribution in [0.15, 0.2) is 86.5 Å². The molecule has 162 valence electrons. The number of hydrogen-bond donors (Lipinski definition) is 0. The fourth-order valence-corrected chi connectivity index (χ4v) is 3.90. The average Bonchev–Trinajstić information content (AvgIpc) is 3.44. The predicted octanol–water partition coefficient (Wildman–Crippen LogP) is 4.80. The lowest BCUT2D eigenvalue weighted by Gasteiger charge is -2.12. The number of benzene rings is 2. The zero-order chi connectivity index (χ0) is 22.3. The lowest BCUT2D eigenvalue weighted by Crippen LogP contribution is -2.28. The number of rotatable bonds is 7. The van der Waals surface area contributed by atoms with Gasteiger partial charge >= 0.3 is 0 Å². The Morgan fingerprint density at radius 2 is 1.62 bits per heavy atom. The Kier molecular flexibility index (Phi) is 6.72. The van der Waals surface area contributed by atoms with Crippen molar-refractivity contribution in [2.24, 2.45) is 10.2 Å². The summed E-state index contributed by atoms with van der Waals surface area (Å²) in [6, 6.07) is 18.6. The summed E-state index contributed by atoms with van der Waals surface area (Å²) in [5.74, 6) is 2.03. The summed E-state index contributed by atoms with van der Waals surface area (Å²) >= 11 is 1.28. The van der Waals surface area contributed by atoms with Crippen molar-refractivity contribution in [1.82, 2.24) is 4.90 Å². The van der Waals surface area contributed by atoms with Crippen LogP contribution in [0, 0.1) is 0 Å². The smallest absolute Gasteiger partial charge is 0.267 e. The van der Waals surface area contributed by atoms with Gasteiger partial charge in [-0.15, -0.1) is 5.10 Å². The first kappa shape index (κ1) is 21.5. The first-order valence-corrected chi connectivity index (χ1v) is 10.6. The molecule has 32 heavy (non-hydrogen) atoms. The van der Waals surface area contributed by atoms with E-state index < -0.39 is 0 Å². The number of furan rings is 1. The fraction of sp³-hybridized carbons (Fsp3) is 0.125. The van der Waals surface area contributed by atoms with E-state index in [2.05, 4.69) is 10.2 Å². The van der Waals surface area contributed by atoms with Crippen LogP contribution in [-0.2, 0) is 11.3 Å². The minimum Gasteiger partial charge on any atom is -0.497 e. The molecule has 0 N–H and O–H groups in total. The molecule has 4 rings (SSSR count). The molecule has 0 bridgehead atoms. The van der Waals surface area contributed by atoms with Gasteiger partial charge < -0.3 is 13.9 Å². The molecular weight excluding hydrogens is 426 g/mol. The topological polar surface area (TPSA) is 76.6 Å². The lowest BCUT2D eigenvalue weighted by atomic mass is 10.2. The van der Waals surface area contributed by atoms with E-state index in [1.54, 1.807) is 37.7 Å². The molecule has 1 aromatic heterocycles. The van der Waals surface area contributed by atoms with Gasteiger partial charge in [0, 0.05) is 0 Å². The molecule has 0 unspecified atom stereocenters. The quantitative estimate of drug-likeness (QED) is 0.295. The molecule has 8 heteroatoms. The molecule has 3 aromatic rings. The molecule has 0 spiro atoms. The van der Waals surface area contributed by atoms with Gasteiger partial charge in [-0.05, 0) is 77.5 Å². The van der Waals surface area contributed by atoms with E-state index in [1.165, 1.54) is 11.8 Å². The SMILES string of the molecule is COc1ccc(/C=N\N=C2\S/C(=C\c3ccc(OC)cc3)C(=O)N2Cc2ccco2)cc1. The van der Waals surface area contributed by atoms with Crippen molar-refractivity contribution in [2.75, 3.05) is 14.2 Å². The maximum atomic E-state index is 13.1. The minimum atomic E-state index is -0.152. The number of carbonyl (C=O) groups is 1. The third kappa shape index (κ3) is 5.09. The number of amidine groups is 1. The number of amides is 1. The molecule has 1 amide bonds. The summed E-state index contributed by atoms with van der Waals surface area (Å²) in [4.78, 5) is 15.2. The molecule has 1 aliphatic rings. The highest BCUT2D eigenvalue weighted by atomic mass is 32.2. The Bertz CT molecular complexity index is 1150. The summed E-state index contributed by atoms with van der Waals surface area (Å²) in [5, 5.41) is 8.99. The van der Waals surface area contributed by atoms with Gasteiger partial charge in [0.2, 0.25) is 0 Å². The highest BCUT2D eigenvalue weighted by Crippen LogP contribution is 2.34. The molecule has 2 heterocycles. The molecule has 0 radical (unpaired) electrons. The summed E-state index contributed by atoms with van der Waals surface area (Å²) in [5.41, 5.74) is 1.76. The normalized spacial score (nSPS) is 16.4. The molecule has 1 aliphatic heterocycles. The fourth-order valence-electron chi connectivity index (χ4n) is 2.97. The molecule has 0 atom stereocenters. The van der Waals surface area contributed by atoms with Crippen molar-refractivity contribution in [3.05, 3.63) is 88.7 Å². The van der Waals surface area contributed by atoms with E-state index in [4.69, 9.17) is 13.9 Å². The number of thioether (sulfide) groups is 1. The Morgan fingerprint density at radius 1 is 0.969 bits per heavy atom.